The topological polar surface area (TPSA) is 114 Å². The first-order valence-corrected chi connectivity index (χ1v) is 11.9. The van der Waals surface area contributed by atoms with Crippen molar-refractivity contribution < 1.29 is 14.6 Å². The normalized spacial score (nSPS) is 18.5. The molecule has 0 radical (unpaired) electrons. The first-order valence-electron chi connectivity index (χ1n) is 11.5. The number of aryl methyl sites for hydroxylation is 1. The monoisotopic (exact) mass is 500 g/mol. The molecule has 1 fully saturated rings. The van der Waals surface area contributed by atoms with Crippen LogP contribution in [0.2, 0.25) is 5.02 Å². The van der Waals surface area contributed by atoms with Gasteiger partial charge < -0.3 is 14.6 Å². The molecule has 0 saturated carbocycles. The Bertz CT molecular complexity index is 1380. The number of aromatic amines is 1. The first kappa shape index (κ1) is 25.0. The number of nitrogens with zero attached hydrogens (tertiary/aromatic N) is 3. The van der Waals surface area contributed by atoms with Crippen molar-refractivity contribution in [2.24, 2.45) is 10.9 Å². The SMILES string of the molecule is CCCc1ccc(/N=c2\[nH]c(=O)n(C[C@H](C)C3OC3O)c(=O)n2Cc2ccc(Cl)cc2)cc1OC. The van der Waals surface area contributed by atoms with Crippen molar-refractivity contribution in [1.82, 2.24) is 14.1 Å². The van der Waals surface area contributed by atoms with Crippen LogP contribution in [0, 0.1) is 5.92 Å². The van der Waals surface area contributed by atoms with Gasteiger partial charge in [0.05, 0.1) is 19.3 Å². The van der Waals surface area contributed by atoms with Crippen LogP contribution >= 0.6 is 11.6 Å². The van der Waals surface area contributed by atoms with E-state index >= 15 is 0 Å². The molecule has 1 aliphatic rings. The molecule has 2 aromatic carbocycles. The number of aliphatic hydroxyl groups is 1. The van der Waals surface area contributed by atoms with E-state index in [1.54, 1.807) is 25.3 Å². The van der Waals surface area contributed by atoms with E-state index in [2.05, 4.69) is 16.9 Å². The van der Waals surface area contributed by atoms with Gasteiger partial charge in [0.25, 0.3) is 0 Å². The average Bonchev–Trinajstić information content (AvgIpc) is 3.58. The molecule has 3 aromatic rings. The van der Waals surface area contributed by atoms with E-state index in [1.807, 2.05) is 31.2 Å². The van der Waals surface area contributed by atoms with Crippen molar-refractivity contribution in [2.75, 3.05) is 7.11 Å². The predicted octanol–water partition coefficient (Wildman–Crippen LogP) is 2.59. The Morgan fingerprint density at radius 3 is 2.54 bits per heavy atom. The smallest absolute Gasteiger partial charge is 0.335 e. The van der Waals surface area contributed by atoms with Gasteiger partial charge in [-0.05, 0) is 35.7 Å². The van der Waals surface area contributed by atoms with Crippen molar-refractivity contribution in [2.45, 2.75) is 52.2 Å². The summed E-state index contributed by atoms with van der Waals surface area (Å²) in [7, 11) is 1.60. The van der Waals surface area contributed by atoms with E-state index in [0.717, 1.165) is 28.5 Å². The van der Waals surface area contributed by atoms with E-state index < -0.39 is 23.8 Å². The second kappa shape index (κ2) is 10.6. The number of nitrogens with one attached hydrogen (secondary N) is 1. The number of ether oxygens (including phenoxy) is 2. The lowest BCUT2D eigenvalue weighted by Gasteiger charge is -2.14. The number of hydrogen-bond acceptors (Lipinski definition) is 6. The molecular formula is C25H29ClN4O5. The molecule has 2 unspecified atom stereocenters. The second-order valence-corrected chi connectivity index (χ2v) is 9.12. The maximum absolute atomic E-state index is 13.5. The van der Waals surface area contributed by atoms with Gasteiger partial charge in [-0.15, -0.1) is 0 Å². The summed E-state index contributed by atoms with van der Waals surface area (Å²) >= 11 is 6.02. The van der Waals surface area contributed by atoms with Crippen molar-refractivity contribution in [1.29, 1.82) is 0 Å². The van der Waals surface area contributed by atoms with Crippen LogP contribution in [0.25, 0.3) is 0 Å². The Morgan fingerprint density at radius 2 is 1.91 bits per heavy atom. The third-order valence-corrected chi connectivity index (χ3v) is 6.24. The number of benzene rings is 2. The van der Waals surface area contributed by atoms with Gasteiger partial charge in [-0.25, -0.2) is 19.1 Å². The summed E-state index contributed by atoms with van der Waals surface area (Å²) in [5.74, 6) is 0.468. The van der Waals surface area contributed by atoms with Gasteiger partial charge in [0.2, 0.25) is 5.62 Å². The number of hydrogen-bond donors (Lipinski definition) is 2. The molecule has 0 aliphatic carbocycles. The molecule has 4 rings (SSSR count). The molecule has 9 nitrogen and oxygen atoms in total. The number of rotatable bonds is 9. The maximum atomic E-state index is 13.5. The quantitative estimate of drug-likeness (QED) is 0.438. The predicted molar refractivity (Wildman–Crippen MR) is 132 cm³/mol. The lowest BCUT2D eigenvalue weighted by molar-refractivity contribution is 0.155. The highest BCUT2D eigenvalue weighted by Crippen LogP contribution is 2.27. The van der Waals surface area contributed by atoms with Crippen LogP contribution in [0.15, 0.2) is 57.0 Å². The maximum Gasteiger partial charge on any atom is 0.335 e. The van der Waals surface area contributed by atoms with Crippen molar-refractivity contribution >= 4 is 17.3 Å². The van der Waals surface area contributed by atoms with Crippen LogP contribution in [0.1, 0.15) is 31.4 Å². The number of aromatic nitrogens is 3. The third kappa shape index (κ3) is 5.75. The Kier molecular flexibility index (Phi) is 7.59. The Labute approximate surface area is 207 Å². The third-order valence-electron chi connectivity index (χ3n) is 5.99. The summed E-state index contributed by atoms with van der Waals surface area (Å²) in [6.07, 6.45) is 0.580. The van der Waals surface area contributed by atoms with Gasteiger partial charge >= 0.3 is 11.4 Å². The van der Waals surface area contributed by atoms with Crippen LogP contribution in [-0.2, 0) is 24.2 Å². The molecule has 2 heterocycles. The highest BCUT2D eigenvalue weighted by atomic mass is 35.5. The molecule has 0 spiro atoms. The average molecular weight is 501 g/mol. The Hall–Kier alpha value is -3.14. The second-order valence-electron chi connectivity index (χ2n) is 8.69. The van der Waals surface area contributed by atoms with Crippen LogP contribution in [0.3, 0.4) is 0 Å². The molecule has 1 aromatic heterocycles. The Morgan fingerprint density at radius 1 is 1.20 bits per heavy atom. The molecule has 0 bridgehead atoms. The van der Waals surface area contributed by atoms with E-state index in [9.17, 15) is 14.7 Å². The minimum absolute atomic E-state index is 0.0936. The summed E-state index contributed by atoms with van der Waals surface area (Å²) in [6, 6.07) is 12.7. The number of epoxide rings is 1. The van der Waals surface area contributed by atoms with Gasteiger partial charge in [0.15, 0.2) is 6.29 Å². The van der Waals surface area contributed by atoms with Crippen molar-refractivity contribution in [3.8, 4) is 5.75 Å². The van der Waals surface area contributed by atoms with Crippen molar-refractivity contribution in [3.05, 3.63) is 85.2 Å². The molecule has 0 amide bonds. The Balaban J connectivity index is 1.81. The van der Waals surface area contributed by atoms with E-state index in [-0.39, 0.29) is 24.6 Å². The number of aliphatic hydroxyl groups excluding tert-OH is 1. The summed E-state index contributed by atoms with van der Waals surface area (Å²) in [5.41, 5.74) is 1.44. The zero-order chi connectivity index (χ0) is 25.1. The van der Waals surface area contributed by atoms with E-state index in [1.165, 1.54) is 4.57 Å². The number of methoxy groups -OCH3 is 1. The van der Waals surface area contributed by atoms with Gasteiger partial charge in [0, 0.05) is 23.6 Å². The lowest BCUT2D eigenvalue weighted by atomic mass is 10.1. The largest absolute Gasteiger partial charge is 0.496 e. The number of halogens is 1. The van der Waals surface area contributed by atoms with Gasteiger partial charge in [-0.2, -0.15) is 0 Å². The minimum Gasteiger partial charge on any atom is -0.496 e. The molecule has 186 valence electrons. The highest BCUT2D eigenvalue weighted by molar-refractivity contribution is 6.30. The zero-order valence-electron chi connectivity index (χ0n) is 19.9. The first-order chi connectivity index (χ1) is 16.8. The number of H-pyrrole nitrogens is 1. The standard InChI is InChI=1S/C25H29ClN4O5/c1-4-5-17-8-11-19(12-20(17)34-3)27-23-28-24(32)30(13-15(2)21-22(31)35-21)25(33)29(23)14-16-6-9-18(26)10-7-16/h6-12,15,21-22,31H,4-5,13-14H2,1-3H3,(H,27,28,32)/t15-,21?,22?/m0/s1. The molecule has 35 heavy (non-hydrogen) atoms. The van der Waals surface area contributed by atoms with Gasteiger partial charge in [0.1, 0.15) is 11.9 Å². The summed E-state index contributed by atoms with van der Waals surface area (Å²) in [6.45, 7) is 4.18. The highest BCUT2D eigenvalue weighted by Gasteiger charge is 2.41. The zero-order valence-corrected chi connectivity index (χ0v) is 20.7. The summed E-state index contributed by atoms with van der Waals surface area (Å²) in [4.78, 5) is 33.7. The van der Waals surface area contributed by atoms with Crippen LogP contribution in [0.4, 0.5) is 5.69 Å². The van der Waals surface area contributed by atoms with Crippen molar-refractivity contribution in [3.63, 3.8) is 0 Å². The summed E-state index contributed by atoms with van der Waals surface area (Å²) < 4.78 is 13.1. The molecule has 10 heteroatoms. The van der Waals surface area contributed by atoms with E-state index in [4.69, 9.17) is 21.1 Å². The van der Waals surface area contributed by atoms with Crippen LogP contribution < -0.4 is 21.7 Å². The molecule has 1 aliphatic heterocycles. The van der Waals surface area contributed by atoms with Crippen LogP contribution in [-0.4, -0.2) is 38.7 Å². The lowest BCUT2D eigenvalue weighted by Crippen LogP contribution is -2.51. The van der Waals surface area contributed by atoms with Gasteiger partial charge in [-0.1, -0.05) is 50.1 Å². The molecule has 1 saturated heterocycles. The fourth-order valence-electron chi connectivity index (χ4n) is 4.04. The van der Waals surface area contributed by atoms with E-state index in [0.29, 0.717) is 16.5 Å². The molecule has 2 N–H and O–H groups in total. The summed E-state index contributed by atoms with van der Waals surface area (Å²) in [5, 5.41) is 10.1. The minimum atomic E-state index is -0.860. The molecular weight excluding hydrogens is 472 g/mol. The fourth-order valence-corrected chi connectivity index (χ4v) is 4.17. The fraction of sp³-hybridized carbons (Fsp3) is 0.400. The van der Waals surface area contributed by atoms with Gasteiger partial charge in [-0.3, -0.25) is 9.55 Å². The molecule has 3 atom stereocenters. The van der Waals surface area contributed by atoms with Crippen LogP contribution in [0.5, 0.6) is 5.75 Å².